The molecular formula is C23H23N3. The van der Waals surface area contributed by atoms with Gasteiger partial charge in [-0.05, 0) is 30.5 Å². The summed E-state index contributed by atoms with van der Waals surface area (Å²) in [6.45, 7) is 2.99. The highest BCUT2D eigenvalue weighted by molar-refractivity contribution is 5.97. The highest BCUT2D eigenvalue weighted by Gasteiger charge is 2.21. The fraction of sp³-hybridized carbons (Fsp3) is 0.261. The SMILES string of the molecule is N#Cc1ccc(N2CCCCCN2Cc2ccccc2)c2ccccc12. The van der Waals surface area contributed by atoms with Gasteiger partial charge >= 0.3 is 0 Å². The summed E-state index contributed by atoms with van der Waals surface area (Å²) in [5.74, 6) is 0. The first-order valence-corrected chi connectivity index (χ1v) is 9.35. The minimum atomic E-state index is 0.744. The molecule has 3 nitrogen and oxygen atoms in total. The van der Waals surface area contributed by atoms with Crippen LogP contribution in [-0.2, 0) is 6.54 Å². The lowest BCUT2D eigenvalue weighted by Gasteiger charge is -2.36. The normalized spacial score (nSPS) is 15.6. The van der Waals surface area contributed by atoms with Crippen LogP contribution in [0.1, 0.15) is 30.4 Å². The molecule has 1 aliphatic heterocycles. The molecule has 1 fully saturated rings. The molecule has 0 N–H and O–H groups in total. The zero-order valence-electron chi connectivity index (χ0n) is 14.9. The van der Waals surface area contributed by atoms with Crippen molar-refractivity contribution in [2.45, 2.75) is 25.8 Å². The molecule has 0 bridgehead atoms. The molecule has 0 spiro atoms. The van der Waals surface area contributed by atoms with E-state index in [1.54, 1.807) is 0 Å². The van der Waals surface area contributed by atoms with E-state index in [0.717, 1.165) is 36.0 Å². The minimum absolute atomic E-state index is 0.744. The monoisotopic (exact) mass is 341 g/mol. The highest BCUT2D eigenvalue weighted by Crippen LogP contribution is 2.32. The Balaban J connectivity index is 1.76. The van der Waals surface area contributed by atoms with Gasteiger partial charge in [-0.3, -0.25) is 0 Å². The van der Waals surface area contributed by atoms with E-state index in [1.807, 2.05) is 12.1 Å². The van der Waals surface area contributed by atoms with Gasteiger partial charge in [0.05, 0.1) is 17.3 Å². The lowest BCUT2D eigenvalue weighted by Crippen LogP contribution is -2.42. The Bertz CT molecular complexity index is 927. The number of fused-ring (bicyclic) bond motifs is 1. The summed E-state index contributed by atoms with van der Waals surface area (Å²) >= 11 is 0. The van der Waals surface area contributed by atoms with Crippen LogP contribution < -0.4 is 5.01 Å². The Hall–Kier alpha value is -2.83. The lowest BCUT2D eigenvalue weighted by atomic mass is 10.0. The quantitative estimate of drug-likeness (QED) is 0.662. The summed E-state index contributed by atoms with van der Waals surface area (Å²) in [5, 5.41) is 16.6. The molecule has 0 saturated carbocycles. The predicted molar refractivity (Wildman–Crippen MR) is 107 cm³/mol. The van der Waals surface area contributed by atoms with Crippen LogP contribution in [0.3, 0.4) is 0 Å². The minimum Gasteiger partial charge on any atom is -0.305 e. The zero-order valence-corrected chi connectivity index (χ0v) is 14.9. The van der Waals surface area contributed by atoms with E-state index in [0.29, 0.717) is 0 Å². The fourth-order valence-corrected chi connectivity index (χ4v) is 3.83. The van der Waals surface area contributed by atoms with Crippen molar-refractivity contribution in [2.24, 2.45) is 0 Å². The van der Waals surface area contributed by atoms with E-state index < -0.39 is 0 Å². The highest BCUT2D eigenvalue weighted by atomic mass is 15.6. The molecule has 3 heteroatoms. The molecule has 4 rings (SSSR count). The van der Waals surface area contributed by atoms with Crippen LogP contribution in [0.15, 0.2) is 66.7 Å². The molecule has 3 aromatic rings. The average Bonchev–Trinajstić information content (AvgIpc) is 2.93. The Labute approximate surface area is 155 Å². The van der Waals surface area contributed by atoms with Crippen molar-refractivity contribution >= 4 is 16.5 Å². The molecule has 1 heterocycles. The molecule has 0 aliphatic carbocycles. The number of benzene rings is 3. The van der Waals surface area contributed by atoms with Crippen LogP contribution >= 0.6 is 0 Å². The molecule has 1 saturated heterocycles. The van der Waals surface area contributed by atoms with Crippen LogP contribution in [-0.4, -0.2) is 18.1 Å². The van der Waals surface area contributed by atoms with Crippen LogP contribution in [0.4, 0.5) is 5.69 Å². The first kappa shape index (κ1) is 16.6. The van der Waals surface area contributed by atoms with Crippen molar-refractivity contribution < 1.29 is 0 Å². The van der Waals surface area contributed by atoms with Gasteiger partial charge in [0.25, 0.3) is 0 Å². The van der Waals surface area contributed by atoms with Crippen molar-refractivity contribution in [1.29, 1.82) is 5.26 Å². The van der Waals surface area contributed by atoms with E-state index in [-0.39, 0.29) is 0 Å². The molecule has 3 aromatic carbocycles. The summed E-state index contributed by atoms with van der Waals surface area (Å²) in [4.78, 5) is 0. The van der Waals surface area contributed by atoms with E-state index >= 15 is 0 Å². The topological polar surface area (TPSA) is 30.3 Å². The van der Waals surface area contributed by atoms with E-state index in [9.17, 15) is 5.26 Å². The third kappa shape index (κ3) is 3.29. The fourth-order valence-electron chi connectivity index (χ4n) is 3.83. The Morgan fingerprint density at radius 3 is 2.31 bits per heavy atom. The standard InChI is InChI=1S/C23H23N3/c24-17-20-13-14-23(22-12-6-5-11-21(20)22)26-16-8-2-7-15-25(26)18-19-9-3-1-4-10-19/h1,3-6,9-14H,2,7-8,15-16,18H2. The number of hydrazine groups is 1. The smallest absolute Gasteiger partial charge is 0.0998 e. The van der Waals surface area contributed by atoms with Gasteiger partial charge in [0, 0.05) is 30.4 Å². The van der Waals surface area contributed by atoms with Crippen molar-refractivity contribution in [2.75, 3.05) is 18.1 Å². The predicted octanol–water partition coefficient (Wildman–Crippen LogP) is 5.12. The van der Waals surface area contributed by atoms with Gasteiger partial charge in [0.2, 0.25) is 0 Å². The molecule has 130 valence electrons. The lowest BCUT2D eigenvalue weighted by molar-refractivity contribution is 0.253. The van der Waals surface area contributed by atoms with Gasteiger partial charge in [-0.25, -0.2) is 5.01 Å². The number of anilines is 1. The van der Waals surface area contributed by atoms with Crippen molar-refractivity contribution in [1.82, 2.24) is 5.01 Å². The maximum Gasteiger partial charge on any atom is 0.0998 e. The summed E-state index contributed by atoms with van der Waals surface area (Å²) in [5.41, 5.74) is 3.28. The number of hydrogen-bond donors (Lipinski definition) is 0. The van der Waals surface area contributed by atoms with E-state index in [2.05, 4.69) is 70.7 Å². The van der Waals surface area contributed by atoms with E-state index in [1.165, 1.54) is 30.5 Å². The Morgan fingerprint density at radius 2 is 1.50 bits per heavy atom. The summed E-state index contributed by atoms with van der Waals surface area (Å²) in [6.07, 6.45) is 3.67. The molecule has 26 heavy (non-hydrogen) atoms. The van der Waals surface area contributed by atoms with Crippen LogP contribution in [0.25, 0.3) is 10.8 Å². The van der Waals surface area contributed by atoms with E-state index in [4.69, 9.17) is 0 Å². The number of rotatable bonds is 3. The molecule has 1 aliphatic rings. The van der Waals surface area contributed by atoms with Gasteiger partial charge in [-0.1, -0.05) is 61.0 Å². The molecule has 0 radical (unpaired) electrons. The summed E-state index contributed by atoms with van der Waals surface area (Å²) in [6, 6.07) is 25.3. The van der Waals surface area contributed by atoms with Crippen LogP contribution in [0.2, 0.25) is 0 Å². The second kappa shape index (κ2) is 7.59. The second-order valence-electron chi connectivity index (χ2n) is 6.85. The van der Waals surface area contributed by atoms with Crippen LogP contribution in [0, 0.1) is 11.3 Å². The number of nitrogens with zero attached hydrogens (tertiary/aromatic N) is 3. The average molecular weight is 341 g/mol. The van der Waals surface area contributed by atoms with Crippen molar-refractivity contribution in [3.8, 4) is 6.07 Å². The molecule has 0 amide bonds. The Kier molecular flexibility index (Phi) is 4.86. The molecule has 0 atom stereocenters. The second-order valence-corrected chi connectivity index (χ2v) is 6.85. The third-order valence-electron chi connectivity index (χ3n) is 5.14. The van der Waals surface area contributed by atoms with Gasteiger partial charge in [-0.2, -0.15) is 5.26 Å². The molecular weight excluding hydrogens is 318 g/mol. The first-order chi connectivity index (χ1) is 12.9. The van der Waals surface area contributed by atoms with Gasteiger partial charge in [-0.15, -0.1) is 0 Å². The third-order valence-corrected chi connectivity index (χ3v) is 5.14. The van der Waals surface area contributed by atoms with Gasteiger partial charge in [0.1, 0.15) is 0 Å². The molecule has 0 aromatic heterocycles. The molecule has 0 unspecified atom stereocenters. The Morgan fingerprint density at radius 1 is 0.769 bits per heavy atom. The largest absolute Gasteiger partial charge is 0.305 e. The zero-order chi connectivity index (χ0) is 17.8. The van der Waals surface area contributed by atoms with Gasteiger partial charge < -0.3 is 5.01 Å². The summed E-state index contributed by atoms with van der Waals surface area (Å²) < 4.78 is 0. The van der Waals surface area contributed by atoms with Crippen LogP contribution in [0.5, 0.6) is 0 Å². The van der Waals surface area contributed by atoms with Gasteiger partial charge in [0.15, 0.2) is 0 Å². The van der Waals surface area contributed by atoms with Crippen molar-refractivity contribution in [3.05, 3.63) is 77.9 Å². The maximum absolute atomic E-state index is 9.45. The summed E-state index contributed by atoms with van der Waals surface area (Å²) in [7, 11) is 0. The maximum atomic E-state index is 9.45. The van der Waals surface area contributed by atoms with Crippen molar-refractivity contribution in [3.63, 3.8) is 0 Å². The number of nitriles is 1. The first-order valence-electron chi connectivity index (χ1n) is 9.35. The number of hydrogen-bond acceptors (Lipinski definition) is 3.